The standard InChI is InChI=1S/C21H22F3N3O.2ClH/c1-14-19(17-4-2-3-5-18(17)26-14)20(27-12-10-25-11-13-27)15-6-8-16(9-7-15)28-21(22,23)24;;/h2-9,20,25-26H,10-13H2,1H3;2*1H/t20-;;/m1../s1. The molecular weight excluding hydrogens is 438 g/mol. The maximum atomic E-state index is 12.5. The summed E-state index contributed by atoms with van der Waals surface area (Å²) in [5, 5.41) is 4.50. The smallest absolute Gasteiger partial charge is 0.406 e. The van der Waals surface area contributed by atoms with Gasteiger partial charge >= 0.3 is 6.36 Å². The zero-order chi connectivity index (χ0) is 19.7. The Morgan fingerprint density at radius 1 is 0.967 bits per heavy atom. The molecule has 1 aromatic heterocycles. The molecule has 3 aromatic rings. The van der Waals surface area contributed by atoms with Gasteiger partial charge in [-0.15, -0.1) is 38.0 Å². The third-order valence-corrected chi connectivity index (χ3v) is 5.16. The zero-order valence-electron chi connectivity index (χ0n) is 16.3. The molecule has 0 aliphatic carbocycles. The molecular formula is C21H24Cl2F3N3O. The van der Waals surface area contributed by atoms with Crippen molar-refractivity contribution in [1.82, 2.24) is 15.2 Å². The highest BCUT2D eigenvalue weighted by Crippen LogP contribution is 2.37. The third-order valence-electron chi connectivity index (χ3n) is 5.16. The maximum absolute atomic E-state index is 12.5. The highest BCUT2D eigenvalue weighted by Gasteiger charge is 2.32. The van der Waals surface area contributed by atoms with Gasteiger partial charge in [0.05, 0.1) is 6.04 Å². The summed E-state index contributed by atoms with van der Waals surface area (Å²) in [6.45, 7) is 5.54. The number of piperazine rings is 1. The van der Waals surface area contributed by atoms with Gasteiger partial charge in [-0.05, 0) is 30.7 Å². The van der Waals surface area contributed by atoms with Crippen LogP contribution in [0, 0.1) is 6.92 Å². The first-order chi connectivity index (χ1) is 13.4. The van der Waals surface area contributed by atoms with E-state index in [0.717, 1.165) is 48.3 Å². The fourth-order valence-electron chi connectivity index (χ4n) is 4.00. The first-order valence-electron chi connectivity index (χ1n) is 9.30. The van der Waals surface area contributed by atoms with Crippen molar-refractivity contribution in [3.63, 3.8) is 0 Å². The molecule has 0 amide bonds. The van der Waals surface area contributed by atoms with E-state index in [1.165, 1.54) is 17.7 Å². The van der Waals surface area contributed by atoms with Crippen LogP contribution in [0.15, 0.2) is 48.5 Å². The molecule has 0 bridgehead atoms. The number of para-hydroxylation sites is 1. The Morgan fingerprint density at radius 2 is 1.60 bits per heavy atom. The number of aromatic nitrogens is 1. The lowest BCUT2D eigenvalue weighted by Crippen LogP contribution is -2.45. The van der Waals surface area contributed by atoms with Crippen LogP contribution < -0.4 is 10.1 Å². The van der Waals surface area contributed by atoms with Crippen molar-refractivity contribution in [3.8, 4) is 5.75 Å². The molecule has 164 valence electrons. The average molecular weight is 462 g/mol. The second kappa shape index (κ2) is 9.92. The molecule has 1 saturated heterocycles. The van der Waals surface area contributed by atoms with Crippen LogP contribution in [0.4, 0.5) is 13.2 Å². The molecule has 4 rings (SSSR count). The van der Waals surface area contributed by atoms with E-state index < -0.39 is 6.36 Å². The Bertz CT molecular complexity index is 954. The lowest BCUT2D eigenvalue weighted by molar-refractivity contribution is -0.274. The van der Waals surface area contributed by atoms with Crippen LogP contribution in [0.3, 0.4) is 0 Å². The van der Waals surface area contributed by atoms with Crippen LogP contribution in [0.5, 0.6) is 5.75 Å². The number of nitrogens with zero attached hydrogens (tertiary/aromatic N) is 1. The number of ether oxygens (including phenoxy) is 1. The number of nitrogens with one attached hydrogen (secondary N) is 2. The second-order valence-corrected chi connectivity index (χ2v) is 7.01. The number of hydrogen-bond acceptors (Lipinski definition) is 3. The maximum Gasteiger partial charge on any atom is 0.573 e. The minimum absolute atomic E-state index is 0. The van der Waals surface area contributed by atoms with Crippen LogP contribution in [0.25, 0.3) is 10.9 Å². The minimum Gasteiger partial charge on any atom is -0.406 e. The third kappa shape index (κ3) is 5.21. The second-order valence-electron chi connectivity index (χ2n) is 7.01. The molecule has 0 spiro atoms. The van der Waals surface area contributed by atoms with Gasteiger partial charge in [0.1, 0.15) is 5.75 Å². The number of aromatic amines is 1. The molecule has 0 unspecified atom stereocenters. The lowest BCUT2D eigenvalue weighted by Gasteiger charge is -2.36. The van der Waals surface area contributed by atoms with E-state index >= 15 is 0 Å². The first-order valence-corrected chi connectivity index (χ1v) is 9.30. The molecule has 1 aliphatic heterocycles. The molecule has 9 heteroatoms. The van der Waals surface area contributed by atoms with Gasteiger partial charge in [0, 0.05) is 48.3 Å². The van der Waals surface area contributed by atoms with Gasteiger partial charge in [0.2, 0.25) is 0 Å². The van der Waals surface area contributed by atoms with Gasteiger partial charge in [-0.1, -0.05) is 30.3 Å². The summed E-state index contributed by atoms with van der Waals surface area (Å²) in [7, 11) is 0. The fourth-order valence-corrected chi connectivity index (χ4v) is 4.00. The molecule has 0 radical (unpaired) electrons. The number of fused-ring (bicyclic) bond motifs is 1. The lowest BCUT2D eigenvalue weighted by atomic mass is 9.94. The van der Waals surface area contributed by atoms with Crippen molar-refractivity contribution in [1.29, 1.82) is 0 Å². The highest BCUT2D eigenvalue weighted by molar-refractivity contribution is 5.86. The van der Waals surface area contributed by atoms with E-state index in [0.29, 0.717) is 0 Å². The van der Waals surface area contributed by atoms with Crippen molar-refractivity contribution in [2.45, 2.75) is 19.3 Å². The van der Waals surface area contributed by atoms with E-state index in [1.54, 1.807) is 12.1 Å². The van der Waals surface area contributed by atoms with Gasteiger partial charge in [0.15, 0.2) is 0 Å². The quantitative estimate of drug-likeness (QED) is 0.559. The Balaban J connectivity index is 0.00000160. The van der Waals surface area contributed by atoms with Crippen LogP contribution >= 0.6 is 24.8 Å². The van der Waals surface area contributed by atoms with Gasteiger partial charge in [-0.2, -0.15) is 0 Å². The summed E-state index contributed by atoms with van der Waals surface area (Å²) in [6, 6.07) is 14.3. The van der Waals surface area contributed by atoms with Gasteiger partial charge in [-0.3, -0.25) is 4.90 Å². The van der Waals surface area contributed by atoms with Gasteiger partial charge in [-0.25, -0.2) is 0 Å². The number of alkyl halides is 3. The molecule has 1 fully saturated rings. The molecule has 4 nitrogen and oxygen atoms in total. The van der Waals surface area contributed by atoms with Gasteiger partial charge < -0.3 is 15.0 Å². The number of rotatable bonds is 4. The van der Waals surface area contributed by atoms with Crippen LogP contribution in [0.2, 0.25) is 0 Å². The number of hydrogen-bond donors (Lipinski definition) is 2. The summed E-state index contributed by atoms with van der Waals surface area (Å²) in [5.41, 5.74) is 4.25. The Labute approximate surface area is 185 Å². The van der Waals surface area contributed by atoms with Crippen LogP contribution in [-0.4, -0.2) is 42.4 Å². The summed E-state index contributed by atoms with van der Waals surface area (Å²) >= 11 is 0. The molecule has 2 N–H and O–H groups in total. The Morgan fingerprint density at radius 3 is 2.23 bits per heavy atom. The van der Waals surface area contributed by atoms with Crippen LogP contribution in [0.1, 0.15) is 22.9 Å². The van der Waals surface area contributed by atoms with Crippen molar-refractivity contribution in [2.75, 3.05) is 26.2 Å². The van der Waals surface area contributed by atoms with Crippen molar-refractivity contribution >= 4 is 35.7 Å². The van der Waals surface area contributed by atoms with Crippen LogP contribution in [-0.2, 0) is 0 Å². The predicted octanol–water partition coefficient (Wildman–Crippen LogP) is 5.21. The molecule has 2 heterocycles. The average Bonchev–Trinajstić information content (AvgIpc) is 2.99. The summed E-state index contributed by atoms with van der Waals surface area (Å²) in [6.07, 6.45) is -4.69. The largest absolute Gasteiger partial charge is 0.573 e. The minimum atomic E-state index is -4.69. The molecule has 2 aromatic carbocycles. The van der Waals surface area contributed by atoms with E-state index in [-0.39, 0.29) is 36.6 Å². The number of benzene rings is 2. The summed E-state index contributed by atoms with van der Waals surface area (Å²) in [5.74, 6) is -0.203. The Hall–Kier alpha value is -1.93. The SMILES string of the molecule is Cc1[nH]c2ccccc2c1[C@@H](c1ccc(OC(F)(F)F)cc1)N1CCNCC1.Cl.Cl. The molecule has 30 heavy (non-hydrogen) atoms. The first kappa shape index (κ1) is 24.3. The fraction of sp³-hybridized carbons (Fsp3) is 0.333. The monoisotopic (exact) mass is 461 g/mol. The molecule has 1 atom stereocenters. The topological polar surface area (TPSA) is 40.3 Å². The Kier molecular flexibility index (Phi) is 8.05. The van der Waals surface area contributed by atoms with E-state index in [1.807, 2.05) is 25.1 Å². The number of halogens is 5. The molecule has 0 saturated carbocycles. The summed E-state index contributed by atoms with van der Waals surface area (Å²) in [4.78, 5) is 5.82. The van der Waals surface area contributed by atoms with Crippen molar-refractivity contribution in [3.05, 3.63) is 65.4 Å². The zero-order valence-corrected chi connectivity index (χ0v) is 18.0. The van der Waals surface area contributed by atoms with E-state index in [4.69, 9.17) is 0 Å². The number of H-pyrrole nitrogens is 1. The normalized spacial score (nSPS) is 15.9. The predicted molar refractivity (Wildman–Crippen MR) is 117 cm³/mol. The van der Waals surface area contributed by atoms with E-state index in [9.17, 15) is 13.2 Å². The summed E-state index contributed by atoms with van der Waals surface area (Å²) < 4.78 is 41.5. The van der Waals surface area contributed by atoms with Gasteiger partial charge in [0.25, 0.3) is 0 Å². The van der Waals surface area contributed by atoms with E-state index in [2.05, 4.69) is 26.0 Å². The number of aryl methyl sites for hydroxylation is 1. The van der Waals surface area contributed by atoms with Crippen molar-refractivity contribution in [2.24, 2.45) is 0 Å². The highest BCUT2D eigenvalue weighted by atomic mass is 35.5. The van der Waals surface area contributed by atoms with Crippen molar-refractivity contribution < 1.29 is 17.9 Å². The molecule has 1 aliphatic rings.